The number of thiocarbonyl (C=S) groups is 1. The predicted molar refractivity (Wildman–Crippen MR) is 24.0 cm³/mol. The Bertz CT molecular complexity index is 29.0. The van der Waals surface area contributed by atoms with Crippen LogP contribution in [0.25, 0.3) is 0 Å². The molecular formula is C2H3SSe. The Labute approximate surface area is 39.4 Å². The van der Waals surface area contributed by atoms with Crippen molar-refractivity contribution in [2.24, 2.45) is 0 Å². The van der Waals surface area contributed by atoms with E-state index in [1.807, 2.05) is 6.92 Å². The summed E-state index contributed by atoms with van der Waals surface area (Å²) in [7, 11) is 0. The molecule has 0 unspecified atom stereocenters. The average molecular weight is 138 g/mol. The quantitative estimate of drug-likeness (QED) is 0.347. The van der Waals surface area contributed by atoms with Gasteiger partial charge in [0, 0.05) is 0 Å². The molecule has 0 atom stereocenters. The van der Waals surface area contributed by atoms with Crippen LogP contribution in [0, 0.1) is 0 Å². The molecule has 0 aromatic carbocycles. The van der Waals surface area contributed by atoms with Gasteiger partial charge in [-0.1, -0.05) is 0 Å². The van der Waals surface area contributed by atoms with Crippen LogP contribution in [0.2, 0.25) is 0 Å². The Morgan fingerprint density at radius 2 is 2.00 bits per heavy atom. The van der Waals surface area contributed by atoms with E-state index in [9.17, 15) is 0 Å². The van der Waals surface area contributed by atoms with Gasteiger partial charge < -0.3 is 0 Å². The number of hydrogen-bond acceptors (Lipinski definition) is 1. The summed E-state index contributed by atoms with van der Waals surface area (Å²) < 4.78 is 0.875. The van der Waals surface area contributed by atoms with Crippen molar-refractivity contribution in [3.05, 3.63) is 0 Å². The second-order valence-electron chi connectivity index (χ2n) is 0.492. The third-order valence-electron chi connectivity index (χ3n) is 0. The van der Waals surface area contributed by atoms with Gasteiger partial charge in [-0.15, -0.1) is 0 Å². The Hall–Kier alpha value is 0.609. The standard InChI is InChI=1S/C2H3SSe/c1-2(3)4/h1H3. The van der Waals surface area contributed by atoms with Gasteiger partial charge in [0.05, 0.1) is 0 Å². The molecule has 23 valence electrons. The molecule has 0 N–H and O–H groups in total. The Kier molecular flexibility index (Phi) is 2.17. The molecule has 1 radical (unpaired) electrons. The van der Waals surface area contributed by atoms with E-state index in [0.717, 1.165) is 3.76 Å². The zero-order valence-corrected chi connectivity index (χ0v) is 4.85. The van der Waals surface area contributed by atoms with Crippen LogP contribution < -0.4 is 0 Å². The molecule has 0 nitrogen and oxygen atoms in total. The fourth-order valence-corrected chi connectivity index (χ4v) is 0. The zero-order valence-electron chi connectivity index (χ0n) is 2.32. The minimum absolute atomic E-state index is 0.875. The molecule has 2 heteroatoms. The molecule has 0 fully saturated rings. The molecule has 0 saturated carbocycles. The summed E-state index contributed by atoms with van der Waals surface area (Å²) in [6.45, 7) is 1.84. The van der Waals surface area contributed by atoms with Crippen LogP contribution in [-0.4, -0.2) is 19.8 Å². The zero-order chi connectivity index (χ0) is 3.58. The summed E-state index contributed by atoms with van der Waals surface area (Å²) in [4.78, 5) is 0. The van der Waals surface area contributed by atoms with Crippen molar-refractivity contribution in [2.45, 2.75) is 6.92 Å². The Morgan fingerprint density at radius 3 is 2.00 bits per heavy atom. The van der Waals surface area contributed by atoms with Gasteiger partial charge in [-0.2, -0.15) is 0 Å². The SMILES string of the molecule is CC(=S)[Se]. The molecule has 0 rings (SSSR count). The normalized spacial score (nSPS) is 6.25. The van der Waals surface area contributed by atoms with Crippen molar-refractivity contribution < 1.29 is 0 Å². The molecular weight excluding hydrogens is 135 g/mol. The van der Waals surface area contributed by atoms with Crippen LogP contribution in [0.4, 0.5) is 0 Å². The summed E-state index contributed by atoms with van der Waals surface area (Å²) in [5, 5.41) is 0. The topological polar surface area (TPSA) is 0 Å². The molecule has 4 heavy (non-hydrogen) atoms. The van der Waals surface area contributed by atoms with Gasteiger partial charge in [0.2, 0.25) is 0 Å². The third-order valence-corrected chi connectivity index (χ3v) is 0. The van der Waals surface area contributed by atoms with Gasteiger partial charge >= 0.3 is 38.9 Å². The number of rotatable bonds is 0. The Morgan fingerprint density at radius 1 is 2.00 bits per heavy atom. The van der Waals surface area contributed by atoms with Gasteiger partial charge in [-0.25, -0.2) is 0 Å². The van der Waals surface area contributed by atoms with E-state index in [1.54, 1.807) is 0 Å². The first-order valence-corrected chi connectivity index (χ1v) is 2.17. The van der Waals surface area contributed by atoms with Crippen LogP contribution in [0.1, 0.15) is 6.92 Å². The first-order valence-electron chi connectivity index (χ1n) is 0.908. The van der Waals surface area contributed by atoms with Crippen molar-refractivity contribution >= 4 is 32.0 Å². The van der Waals surface area contributed by atoms with E-state index in [-0.39, 0.29) is 0 Å². The van der Waals surface area contributed by atoms with E-state index in [2.05, 4.69) is 28.2 Å². The van der Waals surface area contributed by atoms with E-state index in [1.165, 1.54) is 0 Å². The first-order chi connectivity index (χ1) is 1.73. The summed E-state index contributed by atoms with van der Waals surface area (Å²) >= 11 is 7.12. The van der Waals surface area contributed by atoms with Gasteiger partial charge in [0.1, 0.15) is 0 Å². The molecule has 0 aromatic rings. The monoisotopic (exact) mass is 139 g/mol. The molecule has 0 heterocycles. The first kappa shape index (κ1) is 4.61. The summed E-state index contributed by atoms with van der Waals surface area (Å²) in [5.74, 6) is 0. The van der Waals surface area contributed by atoms with Crippen LogP contribution in [0.5, 0.6) is 0 Å². The second kappa shape index (κ2) is 1.89. The molecule has 0 aliphatic heterocycles. The average Bonchev–Trinajstić information content (AvgIpc) is 0.811. The molecule has 0 aromatic heterocycles. The number of hydrogen-bond donors (Lipinski definition) is 0. The van der Waals surface area contributed by atoms with Crippen molar-refractivity contribution in [1.29, 1.82) is 0 Å². The maximum absolute atomic E-state index is 4.48. The van der Waals surface area contributed by atoms with E-state index in [4.69, 9.17) is 0 Å². The van der Waals surface area contributed by atoms with Crippen LogP contribution >= 0.6 is 12.2 Å². The molecule has 0 amide bonds. The van der Waals surface area contributed by atoms with E-state index >= 15 is 0 Å². The maximum atomic E-state index is 4.48. The summed E-state index contributed by atoms with van der Waals surface area (Å²) in [5.41, 5.74) is 0. The van der Waals surface area contributed by atoms with Gasteiger partial charge in [0.25, 0.3) is 0 Å². The Balaban J connectivity index is 2.80. The second-order valence-corrected chi connectivity index (χ2v) is 2.97. The van der Waals surface area contributed by atoms with Crippen LogP contribution in [-0.2, 0) is 0 Å². The molecule has 0 aliphatic rings. The fourth-order valence-electron chi connectivity index (χ4n) is 0. The van der Waals surface area contributed by atoms with Gasteiger partial charge in [-0.3, -0.25) is 0 Å². The molecule has 0 bridgehead atoms. The molecule has 0 spiro atoms. The van der Waals surface area contributed by atoms with Crippen LogP contribution in [0.3, 0.4) is 0 Å². The summed E-state index contributed by atoms with van der Waals surface area (Å²) in [6.07, 6.45) is 0. The predicted octanol–water partition coefficient (Wildman–Crippen LogP) is 0.502. The minimum atomic E-state index is 0.875. The van der Waals surface area contributed by atoms with Crippen molar-refractivity contribution in [3.8, 4) is 0 Å². The molecule has 0 aliphatic carbocycles. The van der Waals surface area contributed by atoms with Crippen molar-refractivity contribution in [3.63, 3.8) is 0 Å². The summed E-state index contributed by atoms with van der Waals surface area (Å²) in [6, 6.07) is 0. The third kappa shape index (κ3) is 18.2. The molecule has 0 saturated heterocycles. The van der Waals surface area contributed by atoms with Crippen molar-refractivity contribution in [1.82, 2.24) is 0 Å². The van der Waals surface area contributed by atoms with E-state index < -0.39 is 0 Å². The van der Waals surface area contributed by atoms with Gasteiger partial charge in [-0.05, 0) is 0 Å². The van der Waals surface area contributed by atoms with Crippen LogP contribution in [0.15, 0.2) is 0 Å². The fraction of sp³-hybridized carbons (Fsp3) is 0.500. The van der Waals surface area contributed by atoms with E-state index in [0.29, 0.717) is 0 Å². The van der Waals surface area contributed by atoms with Crippen molar-refractivity contribution in [2.75, 3.05) is 0 Å². The van der Waals surface area contributed by atoms with Gasteiger partial charge in [0.15, 0.2) is 0 Å².